The first-order valence-electron chi connectivity index (χ1n) is 8.61. The average Bonchev–Trinajstić information content (AvgIpc) is 2.91. The molecule has 2 aliphatic carbocycles. The molecule has 0 saturated heterocycles. The fraction of sp³-hybridized carbons (Fsp3) is 0.300. The van der Waals surface area contributed by atoms with Gasteiger partial charge < -0.3 is 15.7 Å². The Bertz CT molecular complexity index is 847. The molecule has 5 nitrogen and oxygen atoms in total. The number of ketones is 1. The number of aryl methyl sites for hydroxylation is 1. The molecule has 128 valence electrons. The molecule has 0 aliphatic heterocycles. The molecule has 0 radical (unpaired) electrons. The van der Waals surface area contributed by atoms with E-state index in [0.29, 0.717) is 24.1 Å². The first kappa shape index (κ1) is 15.8. The summed E-state index contributed by atoms with van der Waals surface area (Å²) in [6.07, 6.45) is 2.26. The van der Waals surface area contributed by atoms with Crippen LogP contribution in [0.2, 0.25) is 0 Å². The summed E-state index contributed by atoms with van der Waals surface area (Å²) in [5, 5.41) is 15.8. The molecule has 4 rings (SSSR count). The van der Waals surface area contributed by atoms with Crippen LogP contribution in [0.15, 0.2) is 42.5 Å². The molecular weight excluding hydrogens is 316 g/mol. The Balaban J connectivity index is 1.48. The minimum absolute atomic E-state index is 0.130. The summed E-state index contributed by atoms with van der Waals surface area (Å²) in [7, 11) is 0. The van der Waals surface area contributed by atoms with Crippen LogP contribution < -0.4 is 10.6 Å². The summed E-state index contributed by atoms with van der Waals surface area (Å²) in [6, 6.07) is 12.4. The number of urea groups is 1. The van der Waals surface area contributed by atoms with Crippen LogP contribution in [-0.2, 0) is 12.8 Å². The number of aliphatic hydroxyl groups is 1. The maximum atomic E-state index is 12.4. The smallest absolute Gasteiger partial charge is 0.319 e. The number of anilines is 1. The molecule has 3 N–H and O–H groups in total. The molecule has 2 aromatic rings. The third kappa shape index (κ3) is 3.03. The summed E-state index contributed by atoms with van der Waals surface area (Å²) in [4.78, 5) is 24.4. The minimum atomic E-state index is -0.631. The van der Waals surface area contributed by atoms with Gasteiger partial charge in [-0.1, -0.05) is 30.3 Å². The molecule has 2 aliphatic rings. The van der Waals surface area contributed by atoms with Crippen molar-refractivity contribution < 1.29 is 14.7 Å². The van der Waals surface area contributed by atoms with E-state index < -0.39 is 12.1 Å². The van der Waals surface area contributed by atoms with Gasteiger partial charge in [0.15, 0.2) is 5.78 Å². The number of carbonyl (C=O) groups is 2. The number of hydrogen-bond donors (Lipinski definition) is 3. The van der Waals surface area contributed by atoms with Crippen LogP contribution in [0.25, 0.3) is 0 Å². The number of fused-ring (bicyclic) bond motifs is 2. The van der Waals surface area contributed by atoms with E-state index in [0.717, 1.165) is 29.5 Å². The normalized spacial score (nSPS) is 21.4. The van der Waals surface area contributed by atoms with E-state index in [1.54, 1.807) is 6.07 Å². The van der Waals surface area contributed by atoms with Gasteiger partial charge >= 0.3 is 6.03 Å². The van der Waals surface area contributed by atoms with Gasteiger partial charge in [-0.25, -0.2) is 4.79 Å². The van der Waals surface area contributed by atoms with Gasteiger partial charge in [-0.2, -0.15) is 0 Å². The van der Waals surface area contributed by atoms with E-state index in [4.69, 9.17) is 0 Å². The van der Waals surface area contributed by atoms with Crippen molar-refractivity contribution in [3.8, 4) is 0 Å². The first-order valence-corrected chi connectivity index (χ1v) is 8.61. The number of amides is 2. The molecular formula is C20H20N2O3. The molecule has 0 unspecified atom stereocenters. The van der Waals surface area contributed by atoms with Crippen LogP contribution in [0.1, 0.15) is 45.9 Å². The van der Waals surface area contributed by atoms with Crippen LogP contribution in [0.5, 0.6) is 0 Å². The lowest BCUT2D eigenvalue weighted by Crippen LogP contribution is -2.36. The summed E-state index contributed by atoms with van der Waals surface area (Å²) in [6.45, 7) is 0. The Labute approximate surface area is 146 Å². The van der Waals surface area contributed by atoms with E-state index in [9.17, 15) is 14.7 Å². The summed E-state index contributed by atoms with van der Waals surface area (Å²) in [5.74, 6) is 0.130. The topological polar surface area (TPSA) is 78.4 Å². The zero-order valence-corrected chi connectivity index (χ0v) is 13.8. The van der Waals surface area contributed by atoms with Gasteiger partial charge in [0.2, 0.25) is 0 Å². The zero-order chi connectivity index (χ0) is 17.4. The second kappa shape index (κ2) is 6.33. The van der Waals surface area contributed by atoms with Gasteiger partial charge in [-0.3, -0.25) is 4.79 Å². The van der Waals surface area contributed by atoms with Crippen molar-refractivity contribution in [1.82, 2.24) is 5.32 Å². The predicted molar refractivity (Wildman–Crippen MR) is 94.8 cm³/mol. The van der Waals surface area contributed by atoms with Gasteiger partial charge in [0.1, 0.15) is 0 Å². The molecule has 2 atom stereocenters. The second-order valence-corrected chi connectivity index (χ2v) is 6.70. The number of Topliss-reactive ketones (excluding diaryl/α,β-unsaturated/α-hetero) is 1. The average molecular weight is 336 g/mol. The SMILES string of the molecule is O=C(Nc1ccc2c(c1)C(=O)CCC2)N[C@H]1c2ccccc2C[C@@H]1O. The highest BCUT2D eigenvalue weighted by molar-refractivity contribution is 6.00. The highest BCUT2D eigenvalue weighted by Crippen LogP contribution is 2.31. The van der Waals surface area contributed by atoms with E-state index >= 15 is 0 Å². The van der Waals surface area contributed by atoms with Crippen LogP contribution in [0.4, 0.5) is 10.5 Å². The van der Waals surface area contributed by atoms with E-state index in [1.165, 1.54) is 0 Å². The van der Waals surface area contributed by atoms with Crippen molar-refractivity contribution in [2.75, 3.05) is 5.32 Å². The van der Waals surface area contributed by atoms with Gasteiger partial charge in [-0.15, -0.1) is 0 Å². The molecule has 0 heterocycles. The third-order valence-electron chi connectivity index (χ3n) is 5.01. The van der Waals surface area contributed by atoms with Crippen LogP contribution >= 0.6 is 0 Å². The fourth-order valence-corrected chi connectivity index (χ4v) is 3.76. The summed E-state index contributed by atoms with van der Waals surface area (Å²) < 4.78 is 0. The Hall–Kier alpha value is -2.66. The number of benzene rings is 2. The van der Waals surface area contributed by atoms with Crippen molar-refractivity contribution in [2.45, 2.75) is 37.8 Å². The number of aliphatic hydroxyl groups excluding tert-OH is 1. The van der Waals surface area contributed by atoms with Gasteiger partial charge in [0.05, 0.1) is 12.1 Å². The van der Waals surface area contributed by atoms with Gasteiger partial charge in [0.25, 0.3) is 0 Å². The Morgan fingerprint density at radius 3 is 2.80 bits per heavy atom. The third-order valence-corrected chi connectivity index (χ3v) is 5.01. The second-order valence-electron chi connectivity index (χ2n) is 6.70. The molecule has 5 heteroatoms. The van der Waals surface area contributed by atoms with Gasteiger partial charge in [-0.05, 0) is 41.7 Å². The standard InChI is InChI=1S/C20H20N2O3/c23-17-7-3-5-12-8-9-14(11-16(12)17)21-20(25)22-19-15-6-2-1-4-13(15)10-18(19)24/h1-2,4,6,8-9,11,18-19,24H,3,5,7,10H2,(H2,21,22,25)/t18-,19-/m0/s1. The molecule has 25 heavy (non-hydrogen) atoms. The molecule has 0 saturated carbocycles. The summed E-state index contributed by atoms with van der Waals surface area (Å²) >= 11 is 0. The first-order chi connectivity index (χ1) is 12.1. The van der Waals surface area contributed by atoms with Crippen LogP contribution in [0, 0.1) is 0 Å². The maximum Gasteiger partial charge on any atom is 0.319 e. The highest BCUT2D eigenvalue weighted by atomic mass is 16.3. The van der Waals surface area contributed by atoms with Crippen molar-refractivity contribution in [1.29, 1.82) is 0 Å². The van der Waals surface area contributed by atoms with Gasteiger partial charge in [0, 0.05) is 24.1 Å². The summed E-state index contributed by atoms with van der Waals surface area (Å²) in [5.41, 5.74) is 4.34. The van der Waals surface area contributed by atoms with E-state index in [-0.39, 0.29) is 11.8 Å². The van der Waals surface area contributed by atoms with Crippen LogP contribution in [0.3, 0.4) is 0 Å². The predicted octanol–water partition coefficient (Wildman–Crippen LogP) is 2.99. The number of nitrogens with one attached hydrogen (secondary N) is 2. The van der Waals surface area contributed by atoms with Crippen molar-refractivity contribution in [2.24, 2.45) is 0 Å². The number of hydrogen-bond acceptors (Lipinski definition) is 3. The molecule has 0 fully saturated rings. The Morgan fingerprint density at radius 2 is 1.92 bits per heavy atom. The molecule has 0 aromatic heterocycles. The van der Waals surface area contributed by atoms with E-state index in [2.05, 4.69) is 10.6 Å². The van der Waals surface area contributed by atoms with Crippen LogP contribution in [-0.4, -0.2) is 23.0 Å². The Morgan fingerprint density at radius 1 is 1.08 bits per heavy atom. The van der Waals surface area contributed by atoms with Crippen molar-refractivity contribution in [3.05, 3.63) is 64.7 Å². The van der Waals surface area contributed by atoms with Crippen molar-refractivity contribution in [3.63, 3.8) is 0 Å². The largest absolute Gasteiger partial charge is 0.390 e. The highest BCUT2D eigenvalue weighted by Gasteiger charge is 2.31. The monoisotopic (exact) mass is 336 g/mol. The molecule has 2 aromatic carbocycles. The number of carbonyl (C=O) groups excluding carboxylic acids is 2. The van der Waals surface area contributed by atoms with Crippen molar-refractivity contribution >= 4 is 17.5 Å². The quantitative estimate of drug-likeness (QED) is 0.789. The van der Waals surface area contributed by atoms with E-state index in [1.807, 2.05) is 36.4 Å². The lowest BCUT2D eigenvalue weighted by Gasteiger charge is -2.19. The zero-order valence-electron chi connectivity index (χ0n) is 13.8. The fourth-order valence-electron chi connectivity index (χ4n) is 3.76. The molecule has 0 bridgehead atoms. The Kier molecular flexibility index (Phi) is 4.01. The lowest BCUT2D eigenvalue weighted by molar-refractivity contribution is 0.0972. The lowest BCUT2D eigenvalue weighted by atomic mass is 9.90. The number of rotatable bonds is 2. The molecule has 2 amide bonds. The maximum absolute atomic E-state index is 12.4. The molecule has 0 spiro atoms. The minimum Gasteiger partial charge on any atom is -0.390 e.